The lowest BCUT2D eigenvalue weighted by Crippen LogP contribution is -2.39. The molecule has 0 saturated heterocycles. The second-order valence-corrected chi connectivity index (χ2v) is 6.52. The number of rotatable bonds is 4. The van der Waals surface area contributed by atoms with Gasteiger partial charge in [-0.15, -0.1) is 0 Å². The van der Waals surface area contributed by atoms with Gasteiger partial charge in [0.05, 0.1) is 13.2 Å². The van der Waals surface area contributed by atoms with Crippen LogP contribution in [0.4, 0.5) is 0 Å². The van der Waals surface area contributed by atoms with Gasteiger partial charge in [0.2, 0.25) is 0 Å². The van der Waals surface area contributed by atoms with Crippen LogP contribution in [-0.4, -0.2) is 24.6 Å². The highest BCUT2D eigenvalue weighted by atomic mass is 79.9. The average molecular weight is 339 g/mol. The molecule has 1 aromatic rings. The number of methoxy groups -OCH3 is 1. The van der Waals surface area contributed by atoms with E-state index in [0.717, 1.165) is 21.3 Å². The molecular formula is C16H23BrN2O. The topological polar surface area (TPSA) is 36.3 Å². The SMILES string of the molecule is COc1c(C)c(C)c(Br)c(C)c1CN(C)C(C)(C)C#N. The van der Waals surface area contributed by atoms with Gasteiger partial charge in [-0.05, 0) is 58.4 Å². The molecule has 0 bridgehead atoms. The number of halogens is 1. The maximum absolute atomic E-state index is 9.26. The largest absolute Gasteiger partial charge is 0.496 e. The van der Waals surface area contributed by atoms with Crippen LogP contribution in [0.1, 0.15) is 36.1 Å². The summed E-state index contributed by atoms with van der Waals surface area (Å²) in [5.74, 6) is 0.920. The molecule has 0 radical (unpaired) electrons. The van der Waals surface area contributed by atoms with Gasteiger partial charge in [-0.3, -0.25) is 4.90 Å². The lowest BCUT2D eigenvalue weighted by Gasteiger charge is -2.31. The van der Waals surface area contributed by atoms with Crippen LogP contribution in [0, 0.1) is 32.1 Å². The predicted octanol–water partition coefficient (Wildman–Crippen LogP) is 4.12. The number of hydrogen-bond donors (Lipinski definition) is 0. The second-order valence-electron chi connectivity index (χ2n) is 5.73. The Morgan fingerprint density at radius 1 is 1.20 bits per heavy atom. The Morgan fingerprint density at radius 3 is 2.20 bits per heavy atom. The highest BCUT2D eigenvalue weighted by Gasteiger charge is 2.26. The minimum Gasteiger partial charge on any atom is -0.496 e. The fourth-order valence-corrected chi connectivity index (χ4v) is 2.67. The summed E-state index contributed by atoms with van der Waals surface area (Å²) in [4.78, 5) is 2.04. The van der Waals surface area contributed by atoms with Crippen molar-refractivity contribution in [2.24, 2.45) is 0 Å². The summed E-state index contributed by atoms with van der Waals surface area (Å²) in [5, 5.41) is 9.26. The normalized spacial score (nSPS) is 11.6. The molecule has 0 heterocycles. The molecule has 0 amide bonds. The van der Waals surface area contributed by atoms with Crippen molar-refractivity contribution in [3.05, 3.63) is 26.7 Å². The Balaban J connectivity index is 3.36. The number of hydrogen-bond acceptors (Lipinski definition) is 3. The molecule has 0 aliphatic carbocycles. The van der Waals surface area contributed by atoms with E-state index in [1.54, 1.807) is 7.11 Å². The monoisotopic (exact) mass is 338 g/mol. The van der Waals surface area contributed by atoms with Gasteiger partial charge in [-0.2, -0.15) is 5.26 Å². The third-order valence-corrected chi connectivity index (χ3v) is 5.31. The molecule has 0 spiro atoms. The number of nitriles is 1. The maximum atomic E-state index is 9.26. The molecule has 20 heavy (non-hydrogen) atoms. The molecule has 0 atom stereocenters. The zero-order valence-corrected chi connectivity index (χ0v) is 15.0. The van der Waals surface area contributed by atoms with Crippen LogP contribution in [0.25, 0.3) is 0 Å². The first-order chi connectivity index (χ1) is 9.17. The van der Waals surface area contributed by atoms with E-state index in [0.29, 0.717) is 6.54 Å². The first-order valence-electron chi connectivity index (χ1n) is 6.62. The number of benzene rings is 1. The Labute approximate surface area is 130 Å². The van der Waals surface area contributed by atoms with Gasteiger partial charge in [-0.1, -0.05) is 15.9 Å². The Morgan fingerprint density at radius 2 is 1.75 bits per heavy atom. The number of ether oxygens (including phenoxy) is 1. The molecule has 0 unspecified atom stereocenters. The average Bonchev–Trinajstić information content (AvgIpc) is 2.42. The standard InChI is InChI=1S/C16H23BrN2O/c1-10-11(2)15(20-7)13(12(3)14(10)17)8-19(6)16(4,5)9-18/h8H2,1-7H3. The Hall–Kier alpha value is -1.05. The van der Waals surface area contributed by atoms with Crippen LogP contribution in [0.5, 0.6) is 5.75 Å². The molecule has 1 aromatic carbocycles. The zero-order valence-electron chi connectivity index (χ0n) is 13.4. The third kappa shape index (κ3) is 2.99. The zero-order chi connectivity index (χ0) is 15.7. The Bertz CT molecular complexity index is 559. The van der Waals surface area contributed by atoms with Gasteiger partial charge < -0.3 is 4.74 Å². The van der Waals surface area contributed by atoms with Crippen LogP contribution in [0.3, 0.4) is 0 Å². The molecule has 0 saturated carbocycles. The summed E-state index contributed by atoms with van der Waals surface area (Å²) in [6.07, 6.45) is 0. The predicted molar refractivity (Wildman–Crippen MR) is 86.1 cm³/mol. The van der Waals surface area contributed by atoms with Crippen LogP contribution in [0.15, 0.2) is 4.47 Å². The van der Waals surface area contributed by atoms with E-state index in [4.69, 9.17) is 4.74 Å². The minimum atomic E-state index is -0.511. The fraction of sp³-hybridized carbons (Fsp3) is 0.562. The quantitative estimate of drug-likeness (QED) is 0.828. The first kappa shape index (κ1) is 17.0. The van der Waals surface area contributed by atoms with Gasteiger partial charge in [0, 0.05) is 16.6 Å². The smallest absolute Gasteiger partial charge is 0.126 e. The van der Waals surface area contributed by atoms with E-state index in [-0.39, 0.29) is 0 Å². The lowest BCUT2D eigenvalue weighted by atomic mass is 9.97. The highest BCUT2D eigenvalue weighted by molar-refractivity contribution is 9.10. The molecule has 3 nitrogen and oxygen atoms in total. The molecule has 0 aromatic heterocycles. The van der Waals surface area contributed by atoms with E-state index in [9.17, 15) is 5.26 Å². The summed E-state index contributed by atoms with van der Waals surface area (Å²) >= 11 is 3.66. The lowest BCUT2D eigenvalue weighted by molar-refractivity contribution is 0.200. The van der Waals surface area contributed by atoms with Gasteiger partial charge >= 0.3 is 0 Å². The van der Waals surface area contributed by atoms with Crippen molar-refractivity contribution in [1.29, 1.82) is 5.26 Å². The first-order valence-corrected chi connectivity index (χ1v) is 7.41. The van der Waals surface area contributed by atoms with Crippen molar-refractivity contribution in [3.8, 4) is 11.8 Å². The van der Waals surface area contributed by atoms with Crippen molar-refractivity contribution in [2.45, 2.75) is 46.7 Å². The van der Waals surface area contributed by atoms with E-state index in [1.165, 1.54) is 11.1 Å². The minimum absolute atomic E-state index is 0.511. The number of nitrogens with zero attached hydrogens (tertiary/aromatic N) is 2. The van der Waals surface area contributed by atoms with Crippen molar-refractivity contribution in [3.63, 3.8) is 0 Å². The molecular weight excluding hydrogens is 316 g/mol. The fourth-order valence-electron chi connectivity index (χ4n) is 2.13. The summed E-state index contributed by atoms with van der Waals surface area (Å²) in [6.45, 7) is 10.8. The van der Waals surface area contributed by atoms with Gasteiger partial charge in [0.15, 0.2) is 0 Å². The summed E-state index contributed by atoms with van der Waals surface area (Å²) in [5.41, 5.74) is 4.13. The third-order valence-electron chi connectivity index (χ3n) is 4.12. The maximum Gasteiger partial charge on any atom is 0.126 e. The van der Waals surface area contributed by atoms with E-state index < -0.39 is 5.54 Å². The van der Waals surface area contributed by atoms with Crippen molar-refractivity contribution in [2.75, 3.05) is 14.2 Å². The van der Waals surface area contributed by atoms with E-state index >= 15 is 0 Å². The van der Waals surface area contributed by atoms with Crippen molar-refractivity contribution < 1.29 is 4.74 Å². The van der Waals surface area contributed by atoms with Crippen LogP contribution in [-0.2, 0) is 6.54 Å². The molecule has 110 valence electrons. The summed E-state index contributed by atoms with van der Waals surface area (Å²) < 4.78 is 6.73. The molecule has 0 aliphatic rings. The van der Waals surface area contributed by atoms with Crippen molar-refractivity contribution >= 4 is 15.9 Å². The van der Waals surface area contributed by atoms with E-state index in [1.807, 2.05) is 25.8 Å². The van der Waals surface area contributed by atoms with Crippen LogP contribution in [0.2, 0.25) is 0 Å². The van der Waals surface area contributed by atoms with Crippen LogP contribution < -0.4 is 4.74 Å². The van der Waals surface area contributed by atoms with Crippen molar-refractivity contribution in [1.82, 2.24) is 4.90 Å². The molecule has 1 rings (SSSR count). The molecule has 0 aliphatic heterocycles. The Kier molecular flexibility index (Phi) is 5.23. The second kappa shape index (κ2) is 6.15. The summed E-state index contributed by atoms with van der Waals surface area (Å²) in [6, 6.07) is 2.33. The van der Waals surface area contributed by atoms with E-state index in [2.05, 4.69) is 42.8 Å². The van der Waals surface area contributed by atoms with Gasteiger partial charge in [-0.25, -0.2) is 0 Å². The molecule has 0 N–H and O–H groups in total. The molecule has 0 fully saturated rings. The van der Waals surface area contributed by atoms with Crippen LogP contribution >= 0.6 is 15.9 Å². The summed E-state index contributed by atoms with van der Waals surface area (Å²) in [7, 11) is 3.67. The van der Waals surface area contributed by atoms with Gasteiger partial charge in [0.25, 0.3) is 0 Å². The molecule has 4 heteroatoms. The highest BCUT2D eigenvalue weighted by Crippen LogP contribution is 2.37. The van der Waals surface area contributed by atoms with Gasteiger partial charge in [0.1, 0.15) is 11.3 Å².